The fraction of sp³-hybridized carbons (Fsp3) is 0.267. The largest absolute Gasteiger partial charge is 0.396 e. The van der Waals surface area contributed by atoms with Crippen molar-refractivity contribution in [3.05, 3.63) is 42.4 Å². The zero-order chi connectivity index (χ0) is 13.9. The normalized spacial score (nSPS) is 18.0. The quantitative estimate of drug-likeness (QED) is 0.881. The third kappa shape index (κ3) is 2.47. The fourth-order valence-electron chi connectivity index (χ4n) is 2.41. The molecule has 5 heteroatoms. The smallest absolute Gasteiger partial charge is 0.223 e. The summed E-state index contributed by atoms with van der Waals surface area (Å²) in [6.07, 6.45) is 3.02. The van der Waals surface area contributed by atoms with Gasteiger partial charge in [0.05, 0.1) is 17.6 Å². The first kappa shape index (κ1) is 12.6. The van der Waals surface area contributed by atoms with E-state index in [1.54, 1.807) is 6.20 Å². The molecular weight excluding hydrogens is 252 g/mol. The molecule has 1 aliphatic rings. The highest BCUT2D eigenvalue weighted by atomic mass is 16.2. The molecule has 3 N–H and O–H groups in total. The lowest BCUT2D eigenvalue weighted by atomic mass is 10.0. The standard InChI is InChI=1S/C15H16N4O/c16-12-9-18-13(8-11-6-7-17-15(11)20)19-14(12)10-4-2-1-3-5-10/h1-5,9,11H,6-8,16H2,(H,17,20)/t11-/m0/s1. The van der Waals surface area contributed by atoms with Crippen molar-refractivity contribution in [2.75, 3.05) is 12.3 Å². The third-order valence-corrected chi connectivity index (χ3v) is 3.51. The van der Waals surface area contributed by atoms with Gasteiger partial charge in [0.2, 0.25) is 5.91 Å². The molecule has 1 aliphatic heterocycles. The minimum absolute atomic E-state index is 0.0257. The van der Waals surface area contributed by atoms with Gasteiger partial charge in [0.1, 0.15) is 5.82 Å². The average Bonchev–Trinajstić information content (AvgIpc) is 2.87. The number of aromatic nitrogens is 2. The summed E-state index contributed by atoms with van der Waals surface area (Å²) in [5.41, 5.74) is 8.20. The van der Waals surface area contributed by atoms with E-state index in [1.807, 2.05) is 30.3 Å². The minimum atomic E-state index is -0.0257. The molecule has 3 rings (SSSR count). The van der Waals surface area contributed by atoms with Gasteiger partial charge in [-0.1, -0.05) is 30.3 Å². The summed E-state index contributed by atoms with van der Waals surface area (Å²) < 4.78 is 0. The first-order chi connectivity index (χ1) is 9.74. The van der Waals surface area contributed by atoms with Crippen molar-refractivity contribution in [2.24, 2.45) is 5.92 Å². The Morgan fingerprint density at radius 2 is 2.10 bits per heavy atom. The summed E-state index contributed by atoms with van der Waals surface area (Å²) in [5.74, 6) is 0.731. The van der Waals surface area contributed by atoms with Crippen LogP contribution in [-0.4, -0.2) is 22.4 Å². The number of nitrogen functional groups attached to an aromatic ring is 1. The van der Waals surface area contributed by atoms with Crippen molar-refractivity contribution in [3.8, 4) is 11.3 Å². The van der Waals surface area contributed by atoms with Gasteiger partial charge in [-0.05, 0) is 6.42 Å². The van der Waals surface area contributed by atoms with Crippen molar-refractivity contribution in [1.29, 1.82) is 0 Å². The number of hydrogen-bond donors (Lipinski definition) is 2. The predicted octanol–water partition coefficient (Wildman–Crippen LogP) is 1.40. The second-order valence-corrected chi connectivity index (χ2v) is 4.94. The minimum Gasteiger partial charge on any atom is -0.396 e. The summed E-state index contributed by atoms with van der Waals surface area (Å²) in [5, 5.41) is 2.83. The summed E-state index contributed by atoms with van der Waals surface area (Å²) in [6, 6.07) is 9.77. The van der Waals surface area contributed by atoms with Crippen LogP contribution in [0.1, 0.15) is 12.2 Å². The van der Waals surface area contributed by atoms with Crippen LogP contribution in [0.15, 0.2) is 36.5 Å². The molecule has 1 fully saturated rings. The van der Waals surface area contributed by atoms with Gasteiger partial charge in [0, 0.05) is 24.4 Å². The number of carbonyl (C=O) groups is 1. The number of amides is 1. The van der Waals surface area contributed by atoms with Crippen LogP contribution in [0.5, 0.6) is 0 Å². The fourth-order valence-corrected chi connectivity index (χ4v) is 2.41. The van der Waals surface area contributed by atoms with Crippen molar-refractivity contribution >= 4 is 11.6 Å². The molecule has 5 nitrogen and oxygen atoms in total. The van der Waals surface area contributed by atoms with Gasteiger partial charge >= 0.3 is 0 Å². The van der Waals surface area contributed by atoms with Gasteiger partial charge in [0.25, 0.3) is 0 Å². The number of nitrogens with one attached hydrogen (secondary N) is 1. The van der Waals surface area contributed by atoms with E-state index in [0.29, 0.717) is 17.9 Å². The lowest BCUT2D eigenvalue weighted by Crippen LogP contribution is -2.21. The van der Waals surface area contributed by atoms with Gasteiger partial charge < -0.3 is 11.1 Å². The Morgan fingerprint density at radius 3 is 2.80 bits per heavy atom. The number of rotatable bonds is 3. The number of benzene rings is 1. The van der Waals surface area contributed by atoms with E-state index in [4.69, 9.17) is 5.73 Å². The topological polar surface area (TPSA) is 80.9 Å². The molecule has 1 aromatic carbocycles. The van der Waals surface area contributed by atoms with Crippen molar-refractivity contribution in [2.45, 2.75) is 12.8 Å². The molecule has 1 aromatic heterocycles. The van der Waals surface area contributed by atoms with Gasteiger partial charge in [-0.25, -0.2) is 9.97 Å². The molecule has 0 aliphatic carbocycles. The van der Waals surface area contributed by atoms with Crippen LogP contribution in [0.25, 0.3) is 11.3 Å². The van der Waals surface area contributed by atoms with E-state index in [1.165, 1.54) is 0 Å². The number of carbonyl (C=O) groups excluding carboxylic acids is 1. The first-order valence-corrected chi connectivity index (χ1v) is 6.68. The van der Waals surface area contributed by atoms with Crippen LogP contribution >= 0.6 is 0 Å². The molecule has 0 saturated carbocycles. The highest BCUT2D eigenvalue weighted by Gasteiger charge is 2.25. The van der Waals surface area contributed by atoms with E-state index in [2.05, 4.69) is 15.3 Å². The van der Waals surface area contributed by atoms with E-state index in [-0.39, 0.29) is 11.8 Å². The molecule has 1 amide bonds. The predicted molar refractivity (Wildman–Crippen MR) is 76.7 cm³/mol. The Labute approximate surface area is 117 Å². The molecular formula is C15H16N4O. The summed E-state index contributed by atoms with van der Waals surface area (Å²) in [4.78, 5) is 20.4. The second kappa shape index (κ2) is 5.28. The Bertz CT molecular complexity index is 627. The third-order valence-electron chi connectivity index (χ3n) is 3.51. The van der Waals surface area contributed by atoms with Gasteiger partial charge in [0.15, 0.2) is 0 Å². The second-order valence-electron chi connectivity index (χ2n) is 4.94. The first-order valence-electron chi connectivity index (χ1n) is 6.68. The van der Waals surface area contributed by atoms with Crippen LogP contribution in [0.3, 0.4) is 0 Å². The number of hydrogen-bond acceptors (Lipinski definition) is 4. The lowest BCUT2D eigenvalue weighted by Gasteiger charge is -2.09. The molecule has 20 heavy (non-hydrogen) atoms. The van der Waals surface area contributed by atoms with E-state index < -0.39 is 0 Å². The van der Waals surface area contributed by atoms with Gasteiger partial charge in [-0.3, -0.25) is 4.79 Å². The maximum absolute atomic E-state index is 11.6. The molecule has 102 valence electrons. The summed E-state index contributed by atoms with van der Waals surface area (Å²) in [6.45, 7) is 0.740. The molecule has 2 heterocycles. The Morgan fingerprint density at radius 1 is 1.30 bits per heavy atom. The molecule has 1 saturated heterocycles. The number of anilines is 1. The van der Waals surface area contributed by atoms with Crippen LogP contribution < -0.4 is 11.1 Å². The van der Waals surface area contributed by atoms with Crippen molar-refractivity contribution in [1.82, 2.24) is 15.3 Å². The van der Waals surface area contributed by atoms with Crippen LogP contribution in [0.4, 0.5) is 5.69 Å². The van der Waals surface area contributed by atoms with Crippen molar-refractivity contribution < 1.29 is 4.79 Å². The van der Waals surface area contributed by atoms with Gasteiger partial charge in [-0.2, -0.15) is 0 Å². The lowest BCUT2D eigenvalue weighted by molar-refractivity contribution is -0.122. The van der Waals surface area contributed by atoms with E-state index in [0.717, 1.165) is 24.2 Å². The maximum Gasteiger partial charge on any atom is 0.223 e. The van der Waals surface area contributed by atoms with Crippen LogP contribution in [0.2, 0.25) is 0 Å². The Balaban J connectivity index is 1.89. The zero-order valence-corrected chi connectivity index (χ0v) is 11.0. The van der Waals surface area contributed by atoms with Crippen LogP contribution in [0, 0.1) is 5.92 Å². The summed E-state index contributed by atoms with van der Waals surface area (Å²) in [7, 11) is 0. The molecule has 0 radical (unpaired) electrons. The van der Waals surface area contributed by atoms with Gasteiger partial charge in [-0.15, -0.1) is 0 Å². The zero-order valence-electron chi connectivity index (χ0n) is 11.0. The maximum atomic E-state index is 11.6. The average molecular weight is 268 g/mol. The Kier molecular flexibility index (Phi) is 3.33. The molecule has 2 aromatic rings. The Hall–Kier alpha value is -2.43. The molecule has 0 unspecified atom stereocenters. The molecule has 1 atom stereocenters. The SMILES string of the molecule is Nc1cnc(C[C@@H]2CCNC2=O)nc1-c1ccccc1. The highest BCUT2D eigenvalue weighted by molar-refractivity contribution is 5.80. The van der Waals surface area contributed by atoms with E-state index >= 15 is 0 Å². The number of nitrogens with zero attached hydrogens (tertiary/aromatic N) is 2. The van der Waals surface area contributed by atoms with Crippen molar-refractivity contribution in [3.63, 3.8) is 0 Å². The number of nitrogens with two attached hydrogens (primary N) is 1. The summed E-state index contributed by atoms with van der Waals surface area (Å²) >= 11 is 0. The molecule has 0 spiro atoms. The van der Waals surface area contributed by atoms with Crippen LogP contribution in [-0.2, 0) is 11.2 Å². The monoisotopic (exact) mass is 268 g/mol. The van der Waals surface area contributed by atoms with E-state index in [9.17, 15) is 4.79 Å². The highest BCUT2D eigenvalue weighted by Crippen LogP contribution is 2.23. The molecule has 0 bridgehead atoms.